The van der Waals surface area contributed by atoms with Gasteiger partial charge < -0.3 is 130 Å². The number of fused-ring (bicyclic) bond motifs is 1. The van der Waals surface area contributed by atoms with Gasteiger partial charge in [-0.2, -0.15) is 37.9 Å². The summed E-state index contributed by atoms with van der Waals surface area (Å²) in [6, 6.07) is -12.4. The lowest BCUT2D eigenvalue weighted by atomic mass is 10.0. The number of carboxylic acid groups (broad SMARTS) is 2. The lowest BCUT2D eigenvalue weighted by Crippen LogP contribution is -2.61. The fourth-order valence-electron chi connectivity index (χ4n) is 10.0. The van der Waals surface area contributed by atoms with E-state index in [1.54, 1.807) is 44.3 Å². The number of carbonyl (C=O) groups is 16. The number of guanidine groups is 2. The number of nitrogens with zero attached hydrogens (tertiary/aromatic N) is 2. The van der Waals surface area contributed by atoms with Crippen LogP contribution < -0.4 is 110 Å². The van der Waals surface area contributed by atoms with Gasteiger partial charge in [0.05, 0.1) is 32.0 Å². The summed E-state index contributed by atoms with van der Waals surface area (Å²) in [5.41, 5.74) is 45.6. The summed E-state index contributed by atoms with van der Waals surface area (Å²) in [4.78, 5) is 225. The molecule has 12 atom stereocenters. The third kappa shape index (κ3) is 35.1. The fourth-order valence-corrected chi connectivity index (χ4v) is 10.8. The minimum absolute atomic E-state index is 0.00536. The van der Waals surface area contributed by atoms with Crippen LogP contribution in [0.3, 0.4) is 0 Å². The molecule has 45 heteroatoms. The Morgan fingerprint density at radius 3 is 1.36 bits per heavy atom. The van der Waals surface area contributed by atoms with Gasteiger partial charge in [0.1, 0.15) is 66.5 Å². The number of aliphatic hydroxyl groups is 1. The Kier molecular flexibility index (Phi) is 42.3. The average molecular weight is 1570 g/mol. The van der Waals surface area contributed by atoms with Crippen LogP contribution >= 0.6 is 37.9 Å². The molecule has 0 bridgehead atoms. The molecular formula is C62H101N23O19S3. The molecule has 0 radical (unpaired) electrons. The number of aliphatic hydroxyl groups excluding tert-OH is 1. The Hall–Kier alpha value is -10.3. The van der Waals surface area contributed by atoms with E-state index in [1.165, 1.54) is 0 Å². The Bertz CT molecular complexity index is 3470. The Balaban J connectivity index is 2.44. The molecular weight excluding hydrogens is 1470 g/mol. The van der Waals surface area contributed by atoms with Crippen LogP contribution in [0.1, 0.15) is 96.5 Å². The minimum Gasteiger partial charge on any atom is -0.481 e. The number of carbonyl (C=O) groups excluding carboxylic acids is 14. The van der Waals surface area contributed by atoms with E-state index in [9.17, 15) is 92.0 Å². The first kappa shape index (κ1) is 92.8. The van der Waals surface area contributed by atoms with Gasteiger partial charge in [-0.1, -0.05) is 32.0 Å². The maximum absolute atomic E-state index is 14.6. The molecule has 2 aromatic rings. The van der Waals surface area contributed by atoms with E-state index in [0.29, 0.717) is 35.9 Å². The molecule has 596 valence electrons. The van der Waals surface area contributed by atoms with Crippen molar-refractivity contribution in [3.05, 3.63) is 36.0 Å². The zero-order chi connectivity index (χ0) is 80.6. The van der Waals surface area contributed by atoms with Crippen molar-refractivity contribution in [3.63, 3.8) is 0 Å². The molecule has 1 heterocycles. The number of thiol groups is 3. The van der Waals surface area contributed by atoms with Crippen molar-refractivity contribution in [1.29, 1.82) is 0 Å². The van der Waals surface area contributed by atoms with Crippen molar-refractivity contribution in [2.45, 2.75) is 170 Å². The van der Waals surface area contributed by atoms with E-state index in [-0.39, 0.29) is 87.4 Å². The molecule has 107 heavy (non-hydrogen) atoms. The molecule has 0 spiro atoms. The highest BCUT2D eigenvalue weighted by atomic mass is 32.1. The zero-order valence-electron chi connectivity index (χ0n) is 59.0. The number of primary amides is 2. The Labute approximate surface area is 631 Å². The molecule has 1 aromatic heterocycles. The van der Waals surface area contributed by atoms with Crippen molar-refractivity contribution < 1.29 is 92.0 Å². The van der Waals surface area contributed by atoms with Gasteiger partial charge in [0.2, 0.25) is 82.7 Å². The molecule has 0 aliphatic heterocycles. The quantitative estimate of drug-likeness (QED) is 0.0127. The first-order valence-corrected chi connectivity index (χ1v) is 35.6. The summed E-state index contributed by atoms with van der Waals surface area (Å²) >= 11 is 12.4. The van der Waals surface area contributed by atoms with Crippen LogP contribution in [0, 0.1) is 5.92 Å². The highest BCUT2D eigenvalue weighted by molar-refractivity contribution is 7.80. The number of benzene rings is 1. The van der Waals surface area contributed by atoms with Gasteiger partial charge in [-0.25, -0.2) is 0 Å². The number of hydrogen-bond donors (Lipinski definition) is 27. The van der Waals surface area contributed by atoms with Gasteiger partial charge in [-0.15, -0.1) is 0 Å². The van der Waals surface area contributed by atoms with Crippen molar-refractivity contribution in [3.8, 4) is 0 Å². The first-order valence-electron chi connectivity index (χ1n) is 33.7. The molecule has 14 amide bonds. The average Bonchev–Trinajstić information content (AvgIpc) is 1.70. The van der Waals surface area contributed by atoms with Crippen LogP contribution in [0.15, 0.2) is 40.4 Å². The van der Waals surface area contributed by atoms with Crippen molar-refractivity contribution in [2.75, 3.05) is 50.0 Å². The number of nitrogens with one attached hydrogen (secondary N) is 13. The van der Waals surface area contributed by atoms with E-state index in [0.717, 1.165) is 0 Å². The largest absolute Gasteiger partial charge is 0.481 e. The van der Waals surface area contributed by atoms with Gasteiger partial charge >= 0.3 is 11.9 Å². The van der Waals surface area contributed by atoms with E-state index < -0.39 is 212 Å². The van der Waals surface area contributed by atoms with Gasteiger partial charge in [-0.3, -0.25) is 86.7 Å². The molecule has 0 unspecified atom stereocenters. The lowest BCUT2D eigenvalue weighted by molar-refractivity contribution is -0.142. The van der Waals surface area contributed by atoms with Crippen LogP contribution in [0.25, 0.3) is 10.9 Å². The molecule has 1 aromatic carbocycles. The number of para-hydroxylation sites is 1. The summed E-state index contributed by atoms with van der Waals surface area (Å²) in [6.45, 7) is 1.56. The second-order valence-electron chi connectivity index (χ2n) is 24.8. The number of unbranched alkanes of at least 4 members (excludes halogenated alkanes) is 1. The van der Waals surface area contributed by atoms with Gasteiger partial charge in [0.15, 0.2) is 11.9 Å². The SMILES string of the molecule is CC(C)C[C@H](N)C(=O)N[C@@H](CS)C(=O)N[C@@H](CO)C(=O)N[C@@H](CC(=O)O)C(=O)N[C@@H](CCCN=C(N)N)C(=O)NCC(=O)N[C@@H](CS)C(=O)N[C@@H](CCC(=O)O)C(=O)N[C@@H](CC(N)=O)C(=O)N[C@@H](CCCN=C(N)N)C(=O)N[C@@H](Cc1c[nH]c2ccccc12)C(=O)N[C@@H](CS)C(=O)N[C@@H](CCCCN)C(N)=O. The Morgan fingerprint density at radius 2 is 0.888 bits per heavy atom. The number of aliphatic carboxylic acids is 2. The number of H-pyrrole nitrogens is 1. The molecule has 0 saturated heterocycles. The van der Waals surface area contributed by atoms with Crippen LogP contribution in [0.4, 0.5) is 0 Å². The van der Waals surface area contributed by atoms with E-state index in [2.05, 4.69) is 117 Å². The highest BCUT2D eigenvalue weighted by Crippen LogP contribution is 2.20. The number of aromatic amines is 1. The summed E-state index contributed by atoms with van der Waals surface area (Å²) < 4.78 is 0. The lowest BCUT2D eigenvalue weighted by Gasteiger charge is -2.27. The maximum Gasteiger partial charge on any atom is 0.305 e. The van der Waals surface area contributed by atoms with E-state index in [4.69, 9.17) is 45.9 Å². The van der Waals surface area contributed by atoms with E-state index >= 15 is 0 Å². The predicted octanol–water partition coefficient (Wildman–Crippen LogP) is -9.75. The van der Waals surface area contributed by atoms with Crippen LogP contribution in [0.5, 0.6) is 0 Å². The third-order valence-electron chi connectivity index (χ3n) is 15.6. The molecule has 0 aliphatic carbocycles. The number of hydrogen-bond acceptors (Lipinski definition) is 24. The van der Waals surface area contributed by atoms with Crippen molar-refractivity contribution >= 4 is 155 Å². The third-order valence-corrected chi connectivity index (χ3v) is 16.7. The van der Waals surface area contributed by atoms with Crippen LogP contribution in [0.2, 0.25) is 0 Å². The van der Waals surface area contributed by atoms with Crippen LogP contribution in [-0.2, 0) is 83.1 Å². The highest BCUT2D eigenvalue weighted by Gasteiger charge is 2.37. The number of nitrogens with two attached hydrogens (primary N) is 8. The number of amides is 14. The second-order valence-corrected chi connectivity index (χ2v) is 25.9. The Morgan fingerprint density at radius 1 is 0.477 bits per heavy atom. The monoisotopic (exact) mass is 1570 g/mol. The fraction of sp³-hybridized carbons (Fsp3) is 0.581. The van der Waals surface area contributed by atoms with Crippen molar-refractivity contribution in [2.24, 2.45) is 61.8 Å². The first-order chi connectivity index (χ1) is 50.5. The summed E-state index contributed by atoms with van der Waals surface area (Å²) in [5, 5.41) is 58.1. The number of aromatic nitrogens is 1. The summed E-state index contributed by atoms with van der Waals surface area (Å²) in [6.07, 6.45) is -1.80. The number of aliphatic imine (C=N–C) groups is 2. The van der Waals surface area contributed by atoms with Crippen LogP contribution in [-0.4, -0.2) is 249 Å². The topological polar surface area (TPSA) is 727 Å². The number of rotatable bonds is 52. The van der Waals surface area contributed by atoms with Crippen molar-refractivity contribution in [1.82, 2.24) is 68.8 Å². The normalized spacial score (nSPS) is 14.4. The second kappa shape index (κ2) is 48.8. The maximum atomic E-state index is 14.6. The zero-order valence-corrected chi connectivity index (χ0v) is 61.7. The standard InChI is InChI=1S/C62H101N23O19S3/c1-29(2)19-32(64)50(94)84-43(27-106)60(104)83-41(25-86)57(101)82-40(22-48(91)92)56(100)77-35(12-7-17-71-61(67)68)51(95)74-24-46(88)75-42(26-105)58(102)79-37(14-15-47(89)90)53(97)81-39(21-45(65)87)55(99)78-36(13-8-18-72-62(69)70)52(96)80-38(20-30-23-73-33-10-4-3-9-31(30)33)54(98)85-44(28-107)59(103)76-34(49(66)93)11-5-6-16-63/h3-4,9-10,23,29,32,34-44,73,86,105-107H,5-8,11-22,24-28,63-64H2,1-2H3,(H2,65,87)(H2,66,93)(H,74,95)(H,75,88)(H,76,103)(H,77,100)(H,78,99)(H,79,102)(H,80,96)(H,81,97)(H,82,101)(H,83,104)(H,84,94)(H,85,98)(H,89,90)(H,91,92)(H4,67,68,71)(H4,69,70,72)/t32-,34-,35-,36-,37-,38-,39-,40-,41-,42-,43-,44-/m0/s1. The van der Waals surface area contributed by atoms with Gasteiger partial charge in [0, 0.05) is 60.3 Å². The molecule has 0 aliphatic rings. The summed E-state index contributed by atoms with van der Waals surface area (Å²) in [5.74, 6) is -20.4. The van der Waals surface area contributed by atoms with Gasteiger partial charge in [-0.05, 0) is 81.9 Å². The smallest absolute Gasteiger partial charge is 0.305 e. The minimum atomic E-state index is -2.01. The van der Waals surface area contributed by atoms with Gasteiger partial charge in [0.25, 0.3) is 0 Å². The predicted molar refractivity (Wildman–Crippen MR) is 397 cm³/mol. The molecule has 42 nitrogen and oxygen atoms in total. The molecule has 0 saturated carbocycles. The molecule has 32 N–H and O–H groups in total. The number of carboxylic acids is 2. The molecule has 2 rings (SSSR count). The van der Waals surface area contributed by atoms with E-state index in [1.807, 2.05) is 0 Å². The molecule has 0 fully saturated rings. The summed E-state index contributed by atoms with van der Waals surface area (Å²) in [7, 11) is 0.